The van der Waals surface area contributed by atoms with E-state index in [-0.39, 0.29) is 0 Å². The molecule has 0 bridgehead atoms. The molecule has 2 rings (SSSR count). The van der Waals surface area contributed by atoms with Crippen molar-refractivity contribution in [1.29, 1.82) is 0 Å². The Bertz CT molecular complexity index is 575. The second-order valence-electron chi connectivity index (χ2n) is 5.59. The van der Waals surface area contributed by atoms with E-state index in [1.807, 2.05) is 11.8 Å². The second kappa shape index (κ2) is 7.67. The number of hydrogen-bond acceptors (Lipinski definition) is 2. The molecule has 0 spiro atoms. The quantitative estimate of drug-likeness (QED) is 0.749. The van der Waals surface area contributed by atoms with Gasteiger partial charge in [0.2, 0.25) is 0 Å². The van der Waals surface area contributed by atoms with Crippen LogP contribution in [0.2, 0.25) is 0 Å². The number of hydrogen-bond donors (Lipinski definition) is 1. The molecule has 0 aliphatic rings. The summed E-state index contributed by atoms with van der Waals surface area (Å²) in [5, 5.41) is 3.62. The molecule has 0 radical (unpaired) electrons. The minimum Gasteiger partial charge on any atom is -0.309 e. The summed E-state index contributed by atoms with van der Waals surface area (Å²) < 4.78 is 0. The molecule has 2 aromatic carbocycles. The molecule has 1 nitrogen and oxygen atoms in total. The Labute approximate surface area is 133 Å². The van der Waals surface area contributed by atoms with Crippen molar-refractivity contribution in [3.8, 4) is 0 Å². The lowest BCUT2D eigenvalue weighted by Crippen LogP contribution is -2.23. The number of aryl methyl sites for hydroxylation is 3. The van der Waals surface area contributed by atoms with Crippen molar-refractivity contribution in [1.82, 2.24) is 5.32 Å². The molecular weight excluding hydrogens is 274 g/mol. The van der Waals surface area contributed by atoms with Crippen LogP contribution in [-0.4, -0.2) is 12.3 Å². The van der Waals surface area contributed by atoms with Gasteiger partial charge in [0, 0.05) is 16.7 Å². The fourth-order valence-electron chi connectivity index (χ4n) is 2.54. The Morgan fingerprint density at radius 2 is 1.62 bits per heavy atom. The zero-order valence-corrected chi connectivity index (χ0v) is 14.3. The fourth-order valence-corrected chi connectivity index (χ4v) is 3.52. The lowest BCUT2D eigenvalue weighted by Gasteiger charge is -2.20. The second-order valence-corrected chi connectivity index (χ2v) is 6.69. The van der Waals surface area contributed by atoms with Crippen LogP contribution in [0.5, 0.6) is 0 Å². The number of rotatable bonds is 6. The summed E-state index contributed by atoms with van der Waals surface area (Å²) in [5.74, 6) is 1.06. The Balaban J connectivity index is 2.09. The van der Waals surface area contributed by atoms with Gasteiger partial charge in [0.05, 0.1) is 0 Å². The van der Waals surface area contributed by atoms with E-state index in [1.165, 1.54) is 27.1 Å². The largest absolute Gasteiger partial charge is 0.309 e. The third-order valence-electron chi connectivity index (χ3n) is 3.69. The summed E-state index contributed by atoms with van der Waals surface area (Å²) >= 11 is 1.92. The van der Waals surface area contributed by atoms with Crippen LogP contribution in [0.4, 0.5) is 0 Å². The van der Waals surface area contributed by atoms with Gasteiger partial charge in [-0.05, 0) is 50.6 Å². The summed E-state index contributed by atoms with van der Waals surface area (Å²) in [6, 6.07) is 16.0. The van der Waals surface area contributed by atoms with Crippen LogP contribution in [0, 0.1) is 20.8 Å². The van der Waals surface area contributed by atoms with Crippen molar-refractivity contribution < 1.29 is 0 Å². The molecule has 1 unspecified atom stereocenters. The summed E-state index contributed by atoms with van der Waals surface area (Å²) in [4.78, 5) is 1.34. The molecule has 2 heteroatoms. The minimum absolute atomic E-state index is 0.405. The van der Waals surface area contributed by atoms with Gasteiger partial charge in [-0.15, -0.1) is 11.8 Å². The van der Waals surface area contributed by atoms with E-state index in [0.29, 0.717) is 6.04 Å². The Hall–Kier alpha value is -1.25. The molecule has 0 fully saturated rings. The van der Waals surface area contributed by atoms with Crippen molar-refractivity contribution in [3.63, 3.8) is 0 Å². The van der Waals surface area contributed by atoms with Crippen molar-refractivity contribution >= 4 is 11.8 Å². The SMILES string of the molecule is CCNC(CSc1ccc(C)cc1)c1ccc(C)cc1C. The first-order valence-electron chi connectivity index (χ1n) is 7.60. The van der Waals surface area contributed by atoms with E-state index in [9.17, 15) is 0 Å². The Morgan fingerprint density at radius 3 is 2.24 bits per heavy atom. The minimum atomic E-state index is 0.405. The van der Waals surface area contributed by atoms with Gasteiger partial charge in [-0.1, -0.05) is 48.4 Å². The molecule has 0 saturated heterocycles. The van der Waals surface area contributed by atoms with Gasteiger partial charge in [0.1, 0.15) is 0 Å². The smallest absolute Gasteiger partial charge is 0.0417 e. The zero-order chi connectivity index (χ0) is 15.2. The van der Waals surface area contributed by atoms with Crippen LogP contribution in [-0.2, 0) is 0 Å². The predicted molar refractivity (Wildman–Crippen MR) is 94.2 cm³/mol. The molecule has 21 heavy (non-hydrogen) atoms. The van der Waals surface area contributed by atoms with Crippen molar-refractivity contribution in [3.05, 3.63) is 64.7 Å². The molecule has 0 amide bonds. The first-order chi connectivity index (χ1) is 10.1. The molecule has 0 saturated carbocycles. The van der Waals surface area contributed by atoms with Crippen LogP contribution in [0.1, 0.15) is 35.2 Å². The highest BCUT2D eigenvalue weighted by atomic mass is 32.2. The van der Waals surface area contributed by atoms with Crippen LogP contribution in [0.25, 0.3) is 0 Å². The van der Waals surface area contributed by atoms with E-state index in [4.69, 9.17) is 0 Å². The number of nitrogens with one attached hydrogen (secondary N) is 1. The highest BCUT2D eigenvalue weighted by molar-refractivity contribution is 7.99. The van der Waals surface area contributed by atoms with Gasteiger partial charge in [-0.25, -0.2) is 0 Å². The highest BCUT2D eigenvalue weighted by Gasteiger charge is 2.13. The maximum atomic E-state index is 3.62. The van der Waals surface area contributed by atoms with Crippen LogP contribution in [0.15, 0.2) is 47.4 Å². The average molecular weight is 299 g/mol. The molecule has 0 aliphatic heterocycles. The van der Waals surface area contributed by atoms with Crippen molar-refractivity contribution in [2.24, 2.45) is 0 Å². The third kappa shape index (κ3) is 4.62. The lowest BCUT2D eigenvalue weighted by atomic mass is 10.0. The average Bonchev–Trinajstić information content (AvgIpc) is 2.46. The summed E-state index contributed by atoms with van der Waals surface area (Å²) in [6.45, 7) is 9.66. The van der Waals surface area contributed by atoms with Gasteiger partial charge in [-0.3, -0.25) is 0 Å². The van der Waals surface area contributed by atoms with Gasteiger partial charge < -0.3 is 5.32 Å². The summed E-state index contributed by atoms with van der Waals surface area (Å²) in [6.07, 6.45) is 0. The van der Waals surface area contributed by atoms with Gasteiger partial charge in [-0.2, -0.15) is 0 Å². The first-order valence-corrected chi connectivity index (χ1v) is 8.58. The van der Waals surface area contributed by atoms with E-state index in [2.05, 4.69) is 75.5 Å². The summed E-state index contributed by atoms with van der Waals surface area (Å²) in [7, 11) is 0. The van der Waals surface area contributed by atoms with Crippen molar-refractivity contribution in [2.45, 2.75) is 38.6 Å². The van der Waals surface area contributed by atoms with Gasteiger partial charge in [0.15, 0.2) is 0 Å². The molecule has 0 aliphatic carbocycles. The molecule has 1 atom stereocenters. The topological polar surface area (TPSA) is 12.0 Å². The van der Waals surface area contributed by atoms with E-state index < -0.39 is 0 Å². The lowest BCUT2D eigenvalue weighted by molar-refractivity contribution is 0.603. The van der Waals surface area contributed by atoms with E-state index in [1.54, 1.807) is 0 Å². The van der Waals surface area contributed by atoms with Crippen LogP contribution >= 0.6 is 11.8 Å². The molecule has 0 aromatic heterocycles. The monoisotopic (exact) mass is 299 g/mol. The standard InChI is InChI=1S/C19H25NS/c1-5-20-19(18-11-8-15(3)12-16(18)4)13-21-17-9-6-14(2)7-10-17/h6-12,19-20H,5,13H2,1-4H3. The normalized spacial score (nSPS) is 12.4. The fraction of sp³-hybridized carbons (Fsp3) is 0.368. The maximum Gasteiger partial charge on any atom is 0.0417 e. The highest BCUT2D eigenvalue weighted by Crippen LogP contribution is 2.27. The predicted octanol–water partition coefficient (Wildman–Crippen LogP) is 5.05. The van der Waals surface area contributed by atoms with Crippen LogP contribution < -0.4 is 5.32 Å². The van der Waals surface area contributed by atoms with Crippen LogP contribution in [0.3, 0.4) is 0 Å². The Morgan fingerprint density at radius 1 is 0.952 bits per heavy atom. The van der Waals surface area contributed by atoms with E-state index in [0.717, 1.165) is 12.3 Å². The number of thioether (sulfide) groups is 1. The third-order valence-corrected chi connectivity index (χ3v) is 4.79. The van der Waals surface area contributed by atoms with Crippen molar-refractivity contribution in [2.75, 3.05) is 12.3 Å². The number of benzene rings is 2. The summed E-state index contributed by atoms with van der Waals surface area (Å²) in [5.41, 5.74) is 5.45. The zero-order valence-electron chi connectivity index (χ0n) is 13.4. The van der Waals surface area contributed by atoms with Gasteiger partial charge in [0.25, 0.3) is 0 Å². The molecule has 112 valence electrons. The molecule has 1 N–H and O–H groups in total. The molecular formula is C19H25NS. The van der Waals surface area contributed by atoms with Gasteiger partial charge >= 0.3 is 0 Å². The maximum absolute atomic E-state index is 3.62. The molecule has 0 heterocycles. The Kier molecular flexibility index (Phi) is 5.89. The molecule has 2 aromatic rings. The first kappa shape index (κ1) is 16.1. The van der Waals surface area contributed by atoms with E-state index >= 15 is 0 Å².